The van der Waals surface area contributed by atoms with Crippen molar-refractivity contribution in [2.75, 3.05) is 0 Å². The Hall–Kier alpha value is -3.14. The van der Waals surface area contributed by atoms with Crippen LogP contribution in [0.25, 0.3) is 27.8 Å². The lowest BCUT2D eigenvalue weighted by molar-refractivity contribution is 0.190. The topological polar surface area (TPSA) is 0 Å². The Kier molecular flexibility index (Phi) is 8.93. The Balaban J connectivity index is 1.28. The zero-order valence-electron chi connectivity index (χ0n) is 23.3. The fourth-order valence-corrected chi connectivity index (χ4v) is 6.76. The molecule has 0 amide bonds. The minimum Gasteiger partial charge on any atom is -0.203 e. The first-order valence-corrected chi connectivity index (χ1v) is 14.8. The molecule has 0 saturated heterocycles. The smallest absolute Gasteiger partial charge is 0.167 e. The number of rotatable bonds is 8. The Morgan fingerprint density at radius 3 is 1.85 bits per heavy atom. The fourth-order valence-electron chi connectivity index (χ4n) is 6.76. The summed E-state index contributed by atoms with van der Waals surface area (Å²) in [4.78, 5) is 0. The molecule has 5 rings (SSSR count). The molecule has 1 saturated carbocycles. The zero-order valence-corrected chi connectivity index (χ0v) is 23.3. The van der Waals surface area contributed by atoms with Gasteiger partial charge < -0.3 is 0 Å². The van der Waals surface area contributed by atoms with Crippen LogP contribution < -0.4 is 0 Å². The Morgan fingerprint density at radius 2 is 1.27 bits per heavy atom. The van der Waals surface area contributed by atoms with E-state index in [1.807, 2.05) is 6.08 Å². The van der Waals surface area contributed by atoms with E-state index in [0.29, 0.717) is 34.6 Å². The number of halogens is 4. The maximum atomic E-state index is 15.3. The molecule has 210 valence electrons. The average molecular weight is 547 g/mol. The summed E-state index contributed by atoms with van der Waals surface area (Å²) in [5.41, 5.74) is 2.82. The maximum Gasteiger partial charge on any atom is 0.167 e. The molecule has 2 aliphatic rings. The summed E-state index contributed by atoms with van der Waals surface area (Å²) in [6, 6.07) is 12.9. The Labute approximate surface area is 235 Å². The van der Waals surface area contributed by atoms with E-state index in [4.69, 9.17) is 0 Å². The average Bonchev–Trinajstić information content (AvgIpc) is 2.99. The first kappa shape index (κ1) is 28.4. The molecular weight excluding hydrogens is 508 g/mol. The van der Waals surface area contributed by atoms with E-state index in [1.165, 1.54) is 32.1 Å². The molecule has 0 nitrogen and oxygen atoms in total. The van der Waals surface area contributed by atoms with E-state index in [0.717, 1.165) is 43.1 Å². The highest BCUT2D eigenvalue weighted by atomic mass is 19.2. The standard InChI is InChI=1S/C36H38F4/c1-3-5-6-23-7-9-25(10-8-23)26-11-13-27(14-12-26)31-21-22-32(36(40)35(31)39)29-17-15-28(16-18-29)30-20-19-24(4-2)33(37)34(30)38/h3,13,15-23,25-26H,1,4-12,14H2,2H3. The van der Waals surface area contributed by atoms with Crippen LogP contribution >= 0.6 is 0 Å². The van der Waals surface area contributed by atoms with Gasteiger partial charge in [0.2, 0.25) is 0 Å². The molecule has 0 aliphatic heterocycles. The van der Waals surface area contributed by atoms with Gasteiger partial charge in [-0.2, -0.15) is 0 Å². The highest BCUT2D eigenvalue weighted by Crippen LogP contribution is 2.43. The summed E-state index contributed by atoms with van der Waals surface area (Å²) in [7, 11) is 0. The first-order chi connectivity index (χ1) is 19.4. The SMILES string of the molecule is C=CCCC1CCC(C2CC=C(c3ccc(-c4ccc(-c5ccc(CC)c(F)c5F)cc4)c(F)c3F)CC2)CC1. The first-order valence-electron chi connectivity index (χ1n) is 14.8. The van der Waals surface area contributed by atoms with E-state index in [1.54, 1.807) is 55.5 Å². The molecule has 0 radical (unpaired) electrons. The molecule has 1 unspecified atom stereocenters. The zero-order chi connectivity index (χ0) is 28.2. The van der Waals surface area contributed by atoms with Crippen molar-refractivity contribution in [1.82, 2.24) is 0 Å². The van der Waals surface area contributed by atoms with Gasteiger partial charge in [-0.3, -0.25) is 0 Å². The predicted molar refractivity (Wildman–Crippen MR) is 157 cm³/mol. The maximum absolute atomic E-state index is 15.3. The van der Waals surface area contributed by atoms with Gasteiger partial charge in [0, 0.05) is 16.7 Å². The molecule has 0 spiro atoms. The summed E-state index contributed by atoms with van der Waals surface area (Å²) >= 11 is 0. The molecule has 40 heavy (non-hydrogen) atoms. The van der Waals surface area contributed by atoms with Crippen LogP contribution in [0.2, 0.25) is 0 Å². The molecule has 1 atom stereocenters. The lowest BCUT2D eigenvalue weighted by Crippen LogP contribution is -2.23. The highest BCUT2D eigenvalue weighted by Gasteiger charge is 2.29. The number of hydrogen-bond donors (Lipinski definition) is 0. The van der Waals surface area contributed by atoms with Gasteiger partial charge in [0.05, 0.1) is 0 Å². The second-order valence-corrected chi connectivity index (χ2v) is 11.5. The number of benzene rings is 3. The van der Waals surface area contributed by atoms with Crippen LogP contribution in [0, 0.1) is 41.0 Å². The molecule has 0 heterocycles. The number of hydrogen-bond acceptors (Lipinski definition) is 0. The van der Waals surface area contributed by atoms with E-state index >= 15 is 8.78 Å². The van der Waals surface area contributed by atoms with Crippen molar-refractivity contribution in [2.24, 2.45) is 17.8 Å². The minimum atomic E-state index is -0.895. The highest BCUT2D eigenvalue weighted by molar-refractivity contribution is 5.74. The van der Waals surface area contributed by atoms with Crippen molar-refractivity contribution in [3.8, 4) is 22.3 Å². The molecule has 0 aromatic heterocycles. The van der Waals surface area contributed by atoms with E-state index < -0.39 is 23.3 Å². The second kappa shape index (κ2) is 12.6. The van der Waals surface area contributed by atoms with Crippen LogP contribution in [0.5, 0.6) is 0 Å². The molecule has 0 bridgehead atoms. The van der Waals surface area contributed by atoms with Crippen LogP contribution in [-0.4, -0.2) is 0 Å². The van der Waals surface area contributed by atoms with Crippen LogP contribution in [-0.2, 0) is 6.42 Å². The summed E-state index contributed by atoms with van der Waals surface area (Å²) in [6.45, 7) is 5.61. The summed E-state index contributed by atoms with van der Waals surface area (Å²) < 4.78 is 59.5. The van der Waals surface area contributed by atoms with Gasteiger partial charge in [0.25, 0.3) is 0 Å². The van der Waals surface area contributed by atoms with Gasteiger partial charge in [0.1, 0.15) is 0 Å². The van der Waals surface area contributed by atoms with E-state index in [9.17, 15) is 8.78 Å². The Morgan fingerprint density at radius 1 is 0.700 bits per heavy atom. The quantitative estimate of drug-likeness (QED) is 0.195. The van der Waals surface area contributed by atoms with Crippen molar-refractivity contribution in [3.05, 3.63) is 102 Å². The van der Waals surface area contributed by atoms with Crippen molar-refractivity contribution in [1.29, 1.82) is 0 Å². The predicted octanol–water partition coefficient (Wildman–Crippen LogP) is 11.1. The Bertz CT molecular complexity index is 1380. The van der Waals surface area contributed by atoms with Crippen molar-refractivity contribution in [2.45, 2.75) is 71.1 Å². The van der Waals surface area contributed by atoms with Gasteiger partial charge in [-0.15, -0.1) is 6.58 Å². The minimum absolute atomic E-state index is 0.145. The fraction of sp³-hybridized carbons (Fsp3) is 0.389. The van der Waals surface area contributed by atoms with Crippen molar-refractivity contribution < 1.29 is 17.6 Å². The summed E-state index contributed by atoms with van der Waals surface area (Å²) in [5, 5.41) is 0. The normalized spacial score (nSPS) is 21.2. The monoisotopic (exact) mass is 546 g/mol. The number of aryl methyl sites for hydroxylation is 1. The van der Waals surface area contributed by atoms with Gasteiger partial charge in [-0.25, -0.2) is 17.6 Å². The largest absolute Gasteiger partial charge is 0.203 e. The second-order valence-electron chi connectivity index (χ2n) is 11.5. The van der Waals surface area contributed by atoms with Gasteiger partial charge in [0.15, 0.2) is 23.3 Å². The van der Waals surface area contributed by atoms with Crippen LogP contribution in [0.1, 0.15) is 75.8 Å². The molecule has 1 fully saturated rings. The van der Waals surface area contributed by atoms with Crippen molar-refractivity contribution in [3.63, 3.8) is 0 Å². The molecule has 4 heteroatoms. The lowest BCUT2D eigenvalue weighted by Gasteiger charge is -2.35. The van der Waals surface area contributed by atoms with Gasteiger partial charge >= 0.3 is 0 Å². The van der Waals surface area contributed by atoms with Gasteiger partial charge in [-0.05, 0) is 91.4 Å². The molecule has 0 N–H and O–H groups in total. The molecule has 2 aliphatic carbocycles. The third kappa shape index (κ3) is 5.82. The van der Waals surface area contributed by atoms with E-state index in [-0.39, 0.29) is 11.1 Å². The molecule has 3 aromatic rings. The third-order valence-corrected chi connectivity index (χ3v) is 9.27. The van der Waals surface area contributed by atoms with Crippen LogP contribution in [0.3, 0.4) is 0 Å². The summed E-state index contributed by atoms with van der Waals surface area (Å²) in [6.07, 6.45) is 14.8. The van der Waals surface area contributed by atoms with Crippen LogP contribution in [0.4, 0.5) is 17.6 Å². The van der Waals surface area contributed by atoms with Crippen molar-refractivity contribution >= 4 is 5.57 Å². The lowest BCUT2D eigenvalue weighted by atomic mass is 9.70. The van der Waals surface area contributed by atoms with E-state index in [2.05, 4.69) is 12.7 Å². The van der Waals surface area contributed by atoms with Gasteiger partial charge in [-0.1, -0.05) is 80.4 Å². The summed E-state index contributed by atoms with van der Waals surface area (Å²) in [5.74, 6) is -1.25. The number of allylic oxidation sites excluding steroid dienone is 3. The molecular formula is C36H38F4. The molecule has 3 aromatic carbocycles. The van der Waals surface area contributed by atoms with Crippen LogP contribution in [0.15, 0.2) is 67.3 Å². The third-order valence-electron chi connectivity index (χ3n) is 9.27.